The Hall–Kier alpha value is -1.59. The van der Waals surface area contributed by atoms with Crippen LogP contribution in [0.3, 0.4) is 0 Å². The lowest BCUT2D eigenvalue weighted by atomic mass is 10.2. The van der Waals surface area contributed by atoms with Gasteiger partial charge in [0.05, 0.1) is 18.4 Å². The first kappa shape index (κ1) is 18.7. The summed E-state index contributed by atoms with van der Waals surface area (Å²) < 4.78 is 69.7. The van der Waals surface area contributed by atoms with Crippen molar-refractivity contribution in [1.82, 2.24) is 0 Å². The van der Waals surface area contributed by atoms with Crippen molar-refractivity contribution in [2.45, 2.75) is 11.1 Å². The number of rotatable bonds is 4. The van der Waals surface area contributed by atoms with Crippen LogP contribution in [0.25, 0.3) is 0 Å². The van der Waals surface area contributed by atoms with Crippen LogP contribution in [-0.2, 0) is 20.9 Å². The summed E-state index contributed by atoms with van der Waals surface area (Å²) in [6.07, 6.45) is -4.64. The number of esters is 1. The van der Waals surface area contributed by atoms with E-state index in [1.165, 1.54) is 17.5 Å². The van der Waals surface area contributed by atoms with E-state index in [9.17, 15) is 26.4 Å². The largest absolute Gasteiger partial charge is 0.465 e. The number of halogens is 4. The van der Waals surface area contributed by atoms with Crippen molar-refractivity contribution in [3.8, 4) is 0 Å². The molecule has 11 heteroatoms. The van der Waals surface area contributed by atoms with Crippen molar-refractivity contribution in [3.05, 3.63) is 44.6 Å². The van der Waals surface area contributed by atoms with Crippen LogP contribution < -0.4 is 4.72 Å². The zero-order valence-corrected chi connectivity index (χ0v) is 15.1. The number of methoxy groups -OCH3 is 1. The van der Waals surface area contributed by atoms with Crippen molar-refractivity contribution >= 4 is 48.9 Å². The Kier molecular flexibility index (Phi) is 5.25. The van der Waals surface area contributed by atoms with Crippen molar-refractivity contribution in [3.63, 3.8) is 0 Å². The SMILES string of the molecule is COC(=O)c1sccc1S(=O)(=O)Nc1cc(Br)cc(C(F)(F)F)c1. The molecule has 1 aromatic heterocycles. The molecule has 0 spiro atoms. The molecule has 0 amide bonds. The fourth-order valence-corrected chi connectivity index (χ4v) is 4.64. The molecule has 0 fully saturated rings. The van der Waals surface area contributed by atoms with Crippen LogP contribution in [0.4, 0.5) is 18.9 Å². The van der Waals surface area contributed by atoms with Crippen LogP contribution in [0.5, 0.6) is 0 Å². The Morgan fingerprint density at radius 1 is 1.29 bits per heavy atom. The third-order valence-electron chi connectivity index (χ3n) is 2.77. The number of nitrogens with one attached hydrogen (secondary N) is 1. The molecule has 0 radical (unpaired) electrons. The minimum Gasteiger partial charge on any atom is -0.465 e. The number of anilines is 1. The fourth-order valence-electron chi connectivity index (χ4n) is 1.77. The number of sulfonamides is 1. The topological polar surface area (TPSA) is 72.5 Å². The Balaban J connectivity index is 2.42. The first-order valence-electron chi connectivity index (χ1n) is 6.11. The average molecular weight is 444 g/mol. The molecule has 2 aromatic rings. The van der Waals surface area contributed by atoms with Crippen LogP contribution >= 0.6 is 27.3 Å². The minimum atomic E-state index is -4.64. The quantitative estimate of drug-likeness (QED) is 0.721. The summed E-state index contributed by atoms with van der Waals surface area (Å²) in [6.45, 7) is 0. The molecule has 1 aromatic carbocycles. The Bertz CT molecular complexity index is 878. The zero-order valence-electron chi connectivity index (χ0n) is 11.8. The molecule has 0 aliphatic rings. The number of benzene rings is 1. The van der Waals surface area contributed by atoms with Gasteiger partial charge in [-0.3, -0.25) is 4.72 Å². The standard InChI is InChI=1S/C13H9BrF3NO4S2/c1-22-12(19)11-10(2-3-23-11)24(20,21)18-9-5-7(13(15,16)17)4-8(14)6-9/h2-6,18H,1H3. The zero-order chi connectivity index (χ0) is 18.1. The first-order valence-corrected chi connectivity index (χ1v) is 9.26. The number of thiophene rings is 1. The number of carbonyl (C=O) groups excluding carboxylic acids is 1. The van der Waals surface area contributed by atoms with Gasteiger partial charge in [0, 0.05) is 4.47 Å². The van der Waals surface area contributed by atoms with Crippen molar-refractivity contribution in [2.75, 3.05) is 11.8 Å². The van der Waals surface area contributed by atoms with Gasteiger partial charge in [-0.15, -0.1) is 11.3 Å². The first-order chi connectivity index (χ1) is 11.0. The van der Waals surface area contributed by atoms with Crippen LogP contribution in [-0.4, -0.2) is 21.5 Å². The molecule has 0 unspecified atom stereocenters. The van der Waals surface area contributed by atoms with E-state index in [2.05, 4.69) is 20.7 Å². The van der Waals surface area contributed by atoms with Gasteiger partial charge in [-0.05, 0) is 29.6 Å². The average Bonchev–Trinajstić information content (AvgIpc) is 2.94. The van der Waals surface area contributed by atoms with Gasteiger partial charge in [0.15, 0.2) is 0 Å². The van der Waals surface area contributed by atoms with Gasteiger partial charge in [0.1, 0.15) is 9.77 Å². The Morgan fingerprint density at radius 2 is 1.96 bits per heavy atom. The van der Waals surface area contributed by atoms with Gasteiger partial charge in [-0.25, -0.2) is 13.2 Å². The second kappa shape index (κ2) is 6.73. The van der Waals surface area contributed by atoms with E-state index in [1.54, 1.807) is 0 Å². The summed E-state index contributed by atoms with van der Waals surface area (Å²) in [7, 11) is -3.17. The molecule has 0 bridgehead atoms. The van der Waals surface area contributed by atoms with E-state index in [0.29, 0.717) is 6.07 Å². The maximum Gasteiger partial charge on any atom is 0.416 e. The van der Waals surface area contributed by atoms with E-state index >= 15 is 0 Å². The second-order valence-corrected chi connectivity index (χ2v) is 7.92. The van der Waals surface area contributed by atoms with E-state index in [1.807, 2.05) is 4.72 Å². The summed E-state index contributed by atoms with van der Waals surface area (Å²) in [5, 5.41) is 1.36. The van der Waals surface area contributed by atoms with Crippen molar-refractivity contribution in [1.29, 1.82) is 0 Å². The van der Waals surface area contributed by atoms with Crippen LogP contribution in [0.15, 0.2) is 39.0 Å². The molecule has 2 rings (SSSR count). The molecular formula is C13H9BrF3NO4S2. The number of hydrogen-bond acceptors (Lipinski definition) is 5. The van der Waals surface area contributed by atoms with Gasteiger partial charge < -0.3 is 4.74 Å². The third-order valence-corrected chi connectivity index (χ3v) is 5.67. The highest BCUT2D eigenvalue weighted by Gasteiger charge is 2.32. The van der Waals surface area contributed by atoms with E-state index in [4.69, 9.17) is 0 Å². The molecule has 0 aliphatic heterocycles. The lowest BCUT2D eigenvalue weighted by Gasteiger charge is -2.12. The summed E-state index contributed by atoms with van der Waals surface area (Å²) in [6, 6.07) is 3.83. The fraction of sp³-hybridized carbons (Fsp3) is 0.154. The monoisotopic (exact) mass is 443 g/mol. The summed E-state index contributed by atoms with van der Waals surface area (Å²) in [5.74, 6) is -0.851. The molecule has 1 heterocycles. The third kappa shape index (κ3) is 4.08. The van der Waals surface area contributed by atoms with E-state index in [-0.39, 0.29) is 19.9 Å². The molecule has 24 heavy (non-hydrogen) atoms. The summed E-state index contributed by atoms with van der Waals surface area (Å²) in [4.78, 5) is 11.0. The molecule has 1 N–H and O–H groups in total. The predicted octanol–water partition coefficient (Wildman–Crippen LogP) is 4.12. The molecule has 5 nitrogen and oxygen atoms in total. The number of alkyl halides is 3. The van der Waals surface area contributed by atoms with Crippen molar-refractivity contribution < 1.29 is 31.1 Å². The van der Waals surface area contributed by atoms with E-state index in [0.717, 1.165) is 24.5 Å². The molecule has 0 atom stereocenters. The lowest BCUT2D eigenvalue weighted by Crippen LogP contribution is -2.16. The highest BCUT2D eigenvalue weighted by molar-refractivity contribution is 9.10. The highest BCUT2D eigenvalue weighted by Crippen LogP contribution is 2.34. The number of hydrogen-bond donors (Lipinski definition) is 1. The maximum absolute atomic E-state index is 12.8. The van der Waals surface area contributed by atoms with Crippen LogP contribution in [0.1, 0.15) is 15.2 Å². The van der Waals surface area contributed by atoms with Crippen LogP contribution in [0, 0.1) is 0 Å². The number of ether oxygens (including phenoxy) is 1. The minimum absolute atomic E-state index is 0.0496. The van der Waals surface area contributed by atoms with Crippen LogP contribution in [0.2, 0.25) is 0 Å². The van der Waals surface area contributed by atoms with Gasteiger partial charge in [-0.2, -0.15) is 13.2 Å². The van der Waals surface area contributed by atoms with Crippen molar-refractivity contribution in [2.24, 2.45) is 0 Å². The predicted molar refractivity (Wildman–Crippen MR) is 85.6 cm³/mol. The second-order valence-electron chi connectivity index (χ2n) is 4.44. The van der Waals surface area contributed by atoms with Gasteiger partial charge in [-0.1, -0.05) is 15.9 Å². The molecule has 0 aliphatic carbocycles. The van der Waals surface area contributed by atoms with Gasteiger partial charge in [0.2, 0.25) is 0 Å². The summed E-state index contributed by atoms with van der Waals surface area (Å²) >= 11 is 3.75. The summed E-state index contributed by atoms with van der Waals surface area (Å²) in [5.41, 5.74) is -1.31. The van der Waals surface area contributed by atoms with Gasteiger partial charge in [0.25, 0.3) is 10.0 Å². The molecule has 130 valence electrons. The Labute approximate surface area is 147 Å². The molecule has 0 saturated carbocycles. The molecular weight excluding hydrogens is 435 g/mol. The molecule has 0 saturated heterocycles. The van der Waals surface area contributed by atoms with E-state index < -0.39 is 27.7 Å². The highest BCUT2D eigenvalue weighted by atomic mass is 79.9. The Morgan fingerprint density at radius 3 is 2.54 bits per heavy atom. The normalized spacial score (nSPS) is 12.0. The lowest BCUT2D eigenvalue weighted by molar-refractivity contribution is -0.137. The number of carbonyl (C=O) groups is 1. The smallest absolute Gasteiger partial charge is 0.416 e. The van der Waals surface area contributed by atoms with Gasteiger partial charge >= 0.3 is 12.1 Å². The maximum atomic E-state index is 12.8.